The maximum atomic E-state index is 12.6. The van der Waals surface area contributed by atoms with Crippen LogP contribution in [-0.4, -0.2) is 51.6 Å². The van der Waals surface area contributed by atoms with Gasteiger partial charge in [0.25, 0.3) is 10.0 Å². The van der Waals surface area contributed by atoms with E-state index in [2.05, 4.69) is 19.5 Å². The molecule has 8 heteroatoms. The molecule has 1 N–H and O–H groups in total. The van der Waals surface area contributed by atoms with E-state index in [9.17, 15) is 8.42 Å². The van der Waals surface area contributed by atoms with Crippen LogP contribution in [0.5, 0.6) is 5.75 Å². The topological polar surface area (TPSA) is 74.8 Å². The van der Waals surface area contributed by atoms with Gasteiger partial charge in [-0.25, -0.2) is 13.4 Å². The summed E-state index contributed by atoms with van der Waals surface area (Å²) in [4.78, 5) is 9.32. The molecule has 0 unspecified atom stereocenters. The van der Waals surface area contributed by atoms with Crippen LogP contribution in [0.1, 0.15) is 5.56 Å². The number of benzene rings is 2. The van der Waals surface area contributed by atoms with Crippen LogP contribution in [-0.2, 0) is 16.6 Å². The molecular formula is C23H26N4O3S. The van der Waals surface area contributed by atoms with Crippen LogP contribution in [0.3, 0.4) is 0 Å². The molecule has 1 aromatic heterocycles. The third-order valence-electron chi connectivity index (χ3n) is 5.33. The molecular weight excluding hydrogens is 412 g/mol. The number of nitrogens with one attached hydrogen (secondary N) is 1. The summed E-state index contributed by atoms with van der Waals surface area (Å²) in [6, 6.07) is 19.9. The lowest BCUT2D eigenvalue weighted by Gasteiger charge is -2.35. The standard InChI is InChI=1S/C23H26N4O3S/c1-30-21-9-11-22(12-10-21)31(28,29)25-20-7-5-19(6-8-20)18-26-14-16-27(17-15-26)23-4-2-3-13-24-23/h2-13,25H,14-18H2,1H3. The Morgan fingerprint density at radius 1 is 0.935 bits per heavy atom. The van der Waals surface area contributed by atoms with Gasteiger partial charge in [0, 0.05) is 44.6 Å². The molecule has 0 radical (unpaired) electrons. The number of anilines is 2. The fourth-order valence-electron chi connectivity index (χ4n) is 3.58. The van der Waals surface area contributed by atoms with E-state index in [1.807, 2.05) is 36.5 Å². The molecule has 0 amide bonds. The van der Waals surface area contributed by atoms with E-state index >= 15 is 0 Å². The highest BCUT2D eigenvalue weighted by Gasteiger charge is 2.18. The Labute approximate surface area is 183 Å². The number of pyridine rings is 1. The molecule has 2 aromatic carbocycles. The second-order valence-electron chi connectivity index (χ2n) is 7.43. The van der Waals surface area contributed by atoms with Crippen molar-refractivity contribution in [1.82, 2.24) is 9.88 Å². The van der Waals surface area contributed by atoms with Crippen LogP contribution in [0.25, 0.3) is 0 Å². The summed E-state index contributed by atoms with van der Waals surface area (Å²) in [6.07, 6.45) is 1.83. The normalized spacial score (nSPS) is 14.9. The van der Waals surface area contributed by atoms with Crippen molar-refractivity contribution in [2.24, 2.45) is 0 Å². The molecule has 0 bridgehead atoms. The second kappa shape index (κ2) is 9.36. The highest BCUT2D eigenvalue weighted by atomic mass is 32.2. The van der Waals surface area contributed by atoms with Gasteiger partial charge in [0.2, 0.25) is 0 Å². The van der Waals surface area contributed by atoms with Crippen LogP contribution >= 0.6 is 0 Å². The van der Waals surface area contributed by atoms with E-state index in [1.54, 1.807) is 31.4 Å². The van der Waals surface area contributed by atoms with Crippen molar-refractivity contribution in [3.05, 3.63) is 78.5 Å². The van der Waals surface area contributed by atoms with E-state index in [0.29, 0.717) is 11.4 Å². The Kier molecular flexibility index (Phi) is 6.39. The fraction of sp³-hybridized carbons (Fsp3) is 0.261. The van der Waals surface area contributed by atoms with Gasteiger partial charge in [0.05, 0.1) is 12.0 Å². The highest BCUT2D eigenvalue weighted by molar-refractivity contribution is 7.92. The predicted molar refractivity (Wildman–Crippen MR) is 122 cm³/mol. The molecule has 31 heavy (non-hydrogen) atoms. The number of ether oxygens (including phenoxy) is 1. The number of nitrogens with zero attached hydrogens (tertiary/aromatic N) is 3. The zero-order valence-corrected chi connectivity index (χ0v) is 18.3. The maximum absolute atomic E-state index is 12.6. The third-order valence-corrected chi connectivity index (χ3v) is 6.72. The number of sulfonamides is 1. The Morgan fingerprint density at radius 2 is 1.65 bits per heavy atom. The molecule has 0 atom stereocenters. The smallest absolute Gasteiger partial charge is 0.261 e. The highest BCUT2D eigenvalue weighted by Crippen LogP contribution is 2.20. The summed E-state index contributed by atoms with van der Waals surface area (Å²) < 4.78 is 32.9. The molecule has 0 saturated carbocycles. The minimum absolute atomic E-state index is 0.197. The molecule has 162 valence electrons. The largest absolute Gasteiger partial charge is 0.497 e. The van der Waals surface area contributed by atoms with E-state index in [4.69, 9.17) is 4.74 Å². The van der Waals surface area contributed by atoms with Crippen molar-refractivity contribution in [1.29, 1.82) is 0 Å². The van der Waals surface area contributed by atoms with Gasteiger partial charge >= 0.3 is 0 Å². The average Bonchev–Trinajstić information content (AvgIpc) is 2.81. The first kappa shape index (κ1) is 21.1. The Bertz CT molecular complexity index is 1080. The molecule has 0 spiro atoms. The Morgan fingerprint density at radius 3 is 2.26 bits per heavy atom. The van der Waals surface area contributed by atoms with Gasteiger partial charge in [-0.2, -0.15) is 0 Å². The van der Waals surface area contributed by atoms with E-state index in [-0.39, 0.29) is 4.90 Å². The predicted octanol–water partition coefficient (Wildman–Crippen LogP) is 3.21. The van der Waals surface area contributed by atoms with Crippen molar-refractivity contribution in [3.63, 3.8) is 0 Å². The average molecular weight is 439 g/mol. The first-order valence-electron chi connectivity index (χ1n) is 10.2. The molecule has 1 saturated heterocycles. The van der Waals surface area contributed by atoms with Gasteiger partial charge in [-0.3, -0.25) is 9.62 Å². The lowest BCUT2D eigenvalue weighted by atomic mass is 10.2. The first-order chi connectivity index (χ1) is 15.0. The molecule has 1 aliphatic rings. The lowest BCUT2D eigenvalue weighted by molar-refractivity contribution is 0.249. The Hall–Kier alpha value is -3.10. The second-order valence-corrected chi connectivity index (χ2v) is 9.11. The van der Waals surface area contributed by atoms with Gasteiger partial charge in [0.1, 0.15) is 11.6 Å². The van der Waals surface area contributed by atoms with Crippen LogP contribution in [0.15, 0.2) is 77.8 Å². The zero-order chi connectivity index (χ0) is 21.7. The van der Waals surface area contributed by atoms with Crippen molar-refractivity contribution < 1.29 is 13.2 Å². The summed E-state index contributed by atoms with van der Waals surface area (Å²) in [7, 11) is -2.09. The van der Waals surface area contributed by atoms with Gasteiger partial charge in [-0.05, 0) is 54.1 Å². The summed E-state index contributed by atoms with van der Waals surface area (Å²) in [6.45, 7) is 4.64. The minimum atomic E-state index is -3.64. The number of hydrogen-bond acceptors (Lipinski definition) is 6. The third kappa shape index (κ3) is 5.34. The van der Waals surface area contributed by atoms with Gasteiger partial charge < -0.3 is 9.64 Å². The molecule has 3 aromatic rings. The molecule has 1 aliphatic heterocycles. The van der Waals surface area contributed by atoms with Crippen LogP contribution in [0.4, 0.5) is 11.5 Å². The number of hydrogen-bond donors (Lipinski definition) is 1. The molecule has 7 nitrogen and oxygen atoms in total. The monoisotopic (exact) mass is 438 g/mol. The molecule has 2 heterocycles. The number of piperazine rings is 1. The van der Waals surface area contributed by atoms with Gasteiger partial charge in [-0.1, -0.05) is 18.2 Å². The van der Waals surface area contributed by atoms with E-state index in [1.165, 1.54) is 12.1 Å². The summed E-state index contributed by atoms with van der Waals surface area (Å²) in [5.74, 6) is 1.64. The quantitative estimate of drug-likeness (QED) is 0.611. The van der Waals surface area contributed by atoms with Crippen LogP contribution < -0.4 is 14.4 Å². The van der Waals surface area contributed by atoms with Crippen LogP contribution in [0.2, 0.25) is 0 Å². The number of methoxy groups -OCH3 is 1. The Balaban J connectivity index is 1.32. The van der Waals surface area contributed by atoms with Crippen LogP contribution in [0, 0.1) is 0 Å². The molecule has 0 aliphatic carbocycles. The molecule has 4 rings (SSSR count). The first-order valence-corrected chi connectivity index (χ1v) is 11.7. The van der Waals surface area contributed by atoms with Gasteiger partial charge in [0.15, 0.2) is 0 Å². The SMILES string of the molecule is COc1ccc(S(=O)(=O)Nc2ccc(CN3CCN(c4ccccn4)CC3)cc2)cc1. The number of aromatic nitrogens is 1. The van der Waals surface area contributed by atoms with Crippen molar-refractivity contribution >= 4 is 21.5 Å². The number of rotatable bonds is 7. The lowest BCUT2D eigenvalue weighted by Crippen LogP contribution is -2.46. The van der Waals surface area contributed by atoms with Crippen molar-refractivity contribution in [3.8, 4) is 5.75 Å². The summed E-state index contributed by atoms with van der Waals surface area (Å²) in [5, 5.41) is 0. The summed E-state index contributed by atoms with van der Waals surface area (Å²) in [5.41, 5.74) is 1.69. The van der Waals surface area contributed by atoms with E-state index < -0.39 is 10.0 Å². The summed E-state index contributed by atoms with van der Waals surface area (Å²) >= 11 is 0. The van der Waals surface area contributed by atoms with Crippen molar-refractivity contribution in [2.45, 2.75) is 11.4 Å². The minimum Gasteiger partial charge on any atom is -0.497 e. The zero-order valence-electron chi connectivity index (χ0n) is 17.4. The van der Waals surface area contributed by atoms with Gasteiger partial charge in [-0.15, -0.1) is 0 Å². The molecule has 1 fully saturated rings. The fourth-order valence-corrected chi connectivity index (χ4v) is 4.64. The van der Waals surface area contributed by atoms with E-state index in [0.717, 1.165) is 44.1 Å². The maximum Gasteiger partial charge on any atom is 0.261 e. The van der Waals surface area contributed by atoms with Crippen molar-refractivity contribution in [2.75, 3.05) is 42.9 Å².